The summed E-state index contributed by atoms with van der Waals surface area (Å²) in [4.78, 5) is 9.67. The SMILES string of the molecule is C=C(C)C1CCN(C(=C)c2cccc(C3=CN(/C=C\C)C(=C)C(Cc4ccc(CC)c(CC)c4)=N3)c2)CC1. The Labute approximate surface area is 230 Å². The van der Waals surface area contributed by atoms with Crippen LogP contribution in [-0.2, 0) is 19.3 Å². The number of nitrogens with zero attached hydrogens (tertiary/aromatic N) is 3. The highest BCUT2D eigenvalue weighted by Crippen LogP contribution is 2.31. The van der Waals surface area contributed by atoms with E-state index < -0.39 is 0 Å². The second kappa shape index (κ2) is 12.3. The van der Waals surface area contributed by atoms with Crippen LogP contribution in [0.4, 0.5) is 0 Å². The molecule has 198 valence electrons. The van der Waals surface area contributed by atoms with Gasteiger partial charge in [0.2, 0.25) is 0 Å². The van der Waals surface area contributed by atoms with Crippen LogP contribution in [0.2, 0.25) is 0 Å². The van der Waals surface area contributed by atoms with Gasteiger partial charge in [0.1, 0.15) is 0 Å². The van der Waals surface area contributed by atoms with Crippen molar-refractivity contribution in [2.24, 2.45) is 10.9 Å². The first-order valence-corrected chi connectivity index (χ1v) is 14.0. The fraction of sp³-hybridized carbons (Fsp3) is 0.343. The van der Waals surface area contributed by atoms with Crippen LogP contribution in [0, 0.1) is 5.92 Å². The summed E-state index contributed by atoms with van der Waals surface area (Å²) in [6.45, 7) is 23.7. The van der Waals surface area contributed by atoms with E-state index in [1.807, 2.05) is 13.0 Å². The van der Waals surface area contributed by atoms with Crippen molar-refractivity contribution in [2.75, 3.05) is 13.1 Å². The highest BCUT2D eigenvalue weighted by molar-refractivity contribution is 6.05. The zero-order valence-corrected chi connectivity index (χ0v) is 23.8. The summed E-state index contributed by atoms with van der Waals surface area (Å²) >= 11 is 0. The van der Waals surface area contributed by atoms with Gasteiger partial charge in [-0.3, -0.25) is 0 Å². The van der Waals surface area contributed by atoms with Crippen molar-refractivity contribution in [3.63, 3.8) is 0 Å². The van der Waals surface area contributed by atoms with Crippen LogP contribution in [0.1, 0.15) is 68.4 Å². The average molecular weight is 506 g/mol. The van der Waals surface area contributed by atoms with E-state index in [-0.39, 0.29) is 0 Å². The minimum absolute atomic E-state index is 0.628. The molecule has 0 saturated carbocycles. The monoisotopic (exact) mass is 505 g/mol. The fourth-order valence-corrected chi connectivity index (χ4v) is 5.51. The molecule has 1 fully saturated rings. The maximum Gasteiger partial charge on any atom is 0.0872 e. The molecule has 0 aliphatic carbocycles. The number of aryl methyl sites for hydroxylation is 2. The van der Waals surface area contributed by atoms with E-state index in [0.29, 0.717) is 5.92 Å². The lowest BCUT2D eigenvalue weighted by Crippen LogP contribution is -2.32. The van der Waals surface area contributed by atoms with E-state index >= 15 is 0 Å². The van der Waals surface area contributed by atoms with Crippen molar-refractivity contribution in [3.05, 3.63) is 120 Å². The van der Waals surface area contributed by atoms with Gasteiger partial charge in [0, 0.05) is 43.2 Å². The van der Waals surface area contributed by atoms with E-state index in [1.54, 1.807) is 0 Å². The zero-order valence-electron chi connectivity index (χ0n) is 23.8. The number of likely N-dealkylation sites (tertiary alicyclic amines) is 1. The molecular weight excluding hydrogens is 462 g/mol. The maximum absolute atomic E-state index is 5.15. The maximum atomic E-state index is 5.15. The predicted octanol–water partition coefficient (Wildman–Crippen LogP) is 8.42. The van der Waals surface area contributed by atoms with Gasteiger partial charge in [-0.2, -0.15) is 0 Å². The van der Waals surface area contributed by atoms with Crippen molar-refractivity contribution in [1.82, 2.24) is 9.80 Å². The predicted molar refractivity (Wildman–Crippen MR) is 165 cm³/mol. The summed E-state index contributed by atoms with van der Waals surface area (Å²) < 4.78 is 0. The summed E-state index contributed by atoms with van der Waals surface area (Å²) in [7, 11) is 0. The van der Waals surface area contributed by atoms with Gasteiger partial charge in [-0.15, -0.1) is 0 Å². The number of aliphatic imine (C=N–C) groups is 1. The zero-order chi connectivity index (χ0) is 27.2. The Kier molecular flexibility index (Phi) is 8.89. The van der Waals surface area contributed by atoms with Crippen LogP contribution < -0.4 is 0 Å². The lowest BCUT2D eigenvalue weighted by atomic mass is 9.90. The third-order valence-electron chi connectivity index (χ3n) is 7.94. The molecule has 3 heteroatoms. The van der Waals surface area contributed by atoms with Crippen molar-refractivity contribution in [1.29, 1.82) is 0 Å². The quantitative estimate of drug-likeness (QED) is 0.319. The highest BCUT2D eigenvalue weighted by atomic mass is 15.1. The van der Waals surface area contributed by atoms with Crippen LogP contribution in [0.3, 0.4) is 0 Å². The topological polar surface area (TPSA) is 18.8 Å². The van der Waals surface area contributed by atoms with E-state index in [2.05, 4.69) is 105 Å². The molecule has 0 unspecified atom stereocenters. The molecule has 2 aromatic rings. The Bertz CT molecular complexity index is 1300. The van der Waals surface area contributed by atoms with E-state index in [0.717, 1.165) is 79.1 Å². The molecule has 2 aromatic carbocycles. The first kappa shape index (κ1) is 27.4. The Hall–Kier alpha value is -3.59. The molecule has 1 saturated heterocycles. The molecule has 0 amide bonds. The van der Waals surface area contributed by atoms with E-state index in [9.17, 15) is 0 Å². The number of hydrogen-bond donors (Lipinski definition) is 0. The molecule has 0 bridgehead atoms. The Morgan fingerprint density at radius 2 is 1.76 bits per heavy atom. The number of hydrogen-bond acceptors (Lipinski definition) is 3. The van der Waals surface area contributed by atoms with Crippen LogP contribution in [0.15, 0.2) is 96.9 Å². The van der Waals surface area contributed by atoms with Gasteiger partial charge in [0.15, 0.2) is 0 Å². The van der Waals surface area contributed by atoms with Gasteiger partial charge < -0.3 is 9.80 Å². The fourth-order valence-electron chi connectivity index (χ4n) is 5.51. The first-order chi connectivity index (χ1) is 18.3. The molecule has 4 rings (SSSR count). The highest BCUT2D eigenvalue weighted by Gasteiger charge is 2.22. The summed E-state index contributed by atoms with van der Waals surface area (Å²) in [6, 6.07) is 15.5. The molecule has 2 aliphatic heterocycles. The second-order valence-electron chi connectivity index (χ2n) is 10.5. The van der Waals surface area contributed by atoms with Gasteiger partial charge in [-0.1, -0.05) is 81.6 Å². The average Bonchev–Trinajstić information content (AvgIpc) is 2.94. The third kappa shape index (κ3) is 6.10. The largest absolute Gasteiger partial charge is 0.371 e. The normalized spacial score (nSPS) is 16.6. The molecule has 0 radical (unpaired) electrons. The molecular formula is C35H43N3. The summed E-state index contributed by atoms with van der Waals surface area (Å²) in [5, 5.41) is 0. The van der Waals surface area contributed by atoms with Crippen LogP contribution in [0.25, 0.3) is 11.4 Å². The Balaban J connectivity index is 1.60. The first-order valence-electron chi connectivity index (χ1n) is 14.0. The van der Waals surface area contributed by atoms with E-state index in [4.69, 9.17) is 4.99 Å². The molecule has 2 aliphatic rings. The number of rotatable bonds is 9. The number of allylic oxidation sites excluding steroid dienone is 3. The van der Waals surface area contributed by atoms with Crippen LogP contribution in [0.5, 0.6) is 0 Å². The lowest BCUT2D eigenvalue weighted by molar-refractivity contribution is 0.278. The summed E-state index contributed by atoms with van der Waals surface area (Å²) in [6.07, 6.45) is 11.3. The van der Waals surface area contributed by atoms with Crippen molar-refractivity contribution in [2.45, 2.75) is 59.8 Å². The Morgan fingerprint density at radius 1 is 1.03 bits per heavy atom. The Morgan fingerprint density at radius 3 is 2.42 bits per heavy atom. The van der Waals surface area contributed by atoms with Gasteiger partial charge in [0.05, 0.1) is 17.1 Å². The number of benzene rings is 2. The third-order valence-corrected chi connectivity index (χ3v) is 7.94. The summed E-state index contributed by atoms with van der Waals surface area (Å²) in [5.74, 6) is 0.628. The second-order valence-corrected chi connectivity index (χ2v) is 10.5. The molecule has 0 aromatic heterocycles. The minimum atomic E-state index is 0.628. The molecule has 0 spiro atoms. The standard InChI is InChI=1S/C35H43N3/c1-8-18-38-24-35(36-34(27(38)7)22-28-14-15-29(9-2)30(10-3)21-28)33-13-11-12-32(23-33)26(6)37-19-16-31(17-20-37)25(4)5/h8,11-15,18,21,23-24,31H,4,6-7,9-10,16-17,19-20,22H2,1-3,5H3/b18-8-. The molecule has 0 atom stereocenters. The number of piperidine rings is 1. The van der Waals surface area contributed by atoms with Gasteiger partial charge in [-0.25, -0.2) is 4.99 Å². The van der Waals surface area contributed by atoms with Crippen molar-refractivity contribution >= 4 is 17.1 Å². The smallest absolute Gasteiger partial charge is 0.0872 e. The van der Waals surface area contributed by atoms with Crippen molar-refractivity contribution in [3.8, 4) is 0 Å². The van der Waals surface area contributed by atoms with Gasteiger partial charge >= 0.3 is 0 Å². The lowest BCUT2D eigenvalue weighted by Gasteiger charge is -2.35. The van der Waals surface area contributed by atoms with Gasteiger partial charge in [0.25, 0.3) is 0 Å². The van der Waals surface area contributed by atoms with Gasteiger partial charge in [-0.05, 0) is 73.8 Å². The molecule has 0 N–H and O–H groups in total. The van der Waals surface area contributed by atoms with Crippen LogP contribution in [-0.4, -0.2) is 28.6 Å². The molecule has 38 heavy (non-hydrogen) atoms. The van der Waals surface area contributed by atoms with E-state index in [1.165, 1.54) is 22.3 Å². The summed E-state index contributed by atoms with van der Waals surface area (Å²) in [5.41, 5.74) is 11.6. The molecule has 2 heterocycles. The minimum Gasteiger partial charge on any atom is -0.371 e. The van der Waals surface area contributed by atoms with Crippen molar-refractivity contribution < 1.29 is 0 Å². The van der Waals surface area contributed by atoms with Crippen LogP contribution >= 0.6 is 0 Å². The molecule has 3 nitrogen and oxygen atoms in total.